The molecule has 0 saturated carbocycles. The second kappa shape index (κ2) is 6.22. The van der Waals surface area contributed by atoms with Gasteiger partial charge in [-0.25, -0.2) is 4.39 Å². The van der Waals surface area contributed by atoms with Crippen molar-refractivity contribution in [2.75, 3.05) is 24.5 Å². The number of rotatable bonds is 3. The Morgan fingerprint density at radius 3 is 2.55 bits per heavy atom. The summed E-state index contributed by atoms with van der Waals surface area (Å²) in [5.74, 6) is -0.928. The third-order valence-corrected chi connectivity index (χ3v) is 3.64. The Morgan fingerprint density at radius 2 is 2.00 bits per heavy atom. The highest BCUT2D eigenvalue weighted by Crippen LogP contribution is 2.23. The second-order valence-electron chi connectivity index (χ2n) is 4.79. The first-order valence-corrected chi connectivity index (χ1v) is 6.88. The van der Waals surface area contributed by atoms with E-state index in [0.717, 1.165) is 25.9 Å². The topological polar surface area (TPSA) is 40.6 Å². The maximum absolute atomic E-state index is 13.2. The van der Waals surface area contributed by atoms with Crippen LogP contribution in [0.4, 0.5) is 10.1 Å². The smallest absolute Gasteiger partial charge is 0.242 e. The summed E-state index contributed by atoms with van der Waals surface area (Å²) in [5, 5.41) is -0.0672. The normalized spacial score (nSPS) is 14.4. The fraction of sp³-hybridized carbons (Fsp3) is 0.429. The highest BCUT2D eigenvalue weighted by atomic mass is 35.5. The number of nitrogens with zero attached hydrogens (tertiary/aromatic N) is 2. The van der Waals surface area contributed by atoms with Crippen LogP contribution in [0.3, 0.4) is 0 Å². The molecule has 0 unspecified atom stereocenters. The molecule has 20 heavy (non-hydrogen) atoms. The van der Waals surface area contributed by atoms with E-state index >= 15 is 0 Å². The Hall–Kier alpha value is -1.62. The van der Waals surface area contributed by atoms with E-state index in [1.165, 1.54) is 30.0 Å². The van der Waals surface area contributed by atoms with Crippen LogP contribution >= 0.6 is 11.6 Å². The van der Waals surface area contributed by atoms with Crippen molar-refractivity contribution in [3.63, 3.8) is 0 Å². The standard InChI is InChI=1S/C14H16ClFN2O2/c1-10(19)18(9-14(20)17-6-2-3-7-17)11-4-5-13(16)12(15)8-11/h4-5,8H,2-3,6-7,9H2,1H3. The van der Waals surface area contributed by atoms with Gasteiger partial charge >= 0.3 is 0 Å². The Kier molecular flexibility index (Phi) is 4.60. The third-order valence-electron chi connectivity index (χ3n) is 3.35. The molecule has 4 nitrogen and oxygen atoms in total. The van der Waals surface area contributed by atoms with E-state index in [2.05, 4.69) is 0 Å². The lowest BCUT2D eigenvalue weighted by Crippen LogP contribution is -2.41. The van der Waals surface area contributed by atoms with E-state index < -0.39 is 5.82 Å². The number of carbonyl (C=O) groups is 2. The van der Waals surface area contributed by atoms with Crippen LogP contribution in [0.1, 0.15) is 19.8 Å². The van der Waals surface area contributed by atoms with E-state index in [0.29, 0.717) is 5.69 Å². The van der Waals surface area contributed by atoms with Gasteiger partial charge in [0, 0.05) is 25.7 Å². The number of amides is 2. The molecule has 108 valence electrons. The molecule has 1 saturated heterocycles. The lowest BCUT2D eigenvalue weighted by atomic mass is 10.2. The Bertz CT molecular complexity index is 530. The van der Waals surface area contributed by atoms with Crippen LogP contribution in [0.15, 0.2) is 18.2 Å². The zero-order chi connectivity index (χ0) is 14.7. The van der Waals surface area contributed by atoms with Crippen molar-refractivity contribution in [2.24, 2.45) is 0 Å². The number of halogens is 2. The molecule has 0 N–H and O–H groups in total. The van der Waals surface area contributed by atoms with Gasteiger partial charge in [0.15, 0.2) is 0 Å². The fourth-order valence-electron chi connectivity index (χ4n) is 2.24. The molecule has 2 rings (SSSR count). The second-order valence-corrected chi connectivity index (χ2v) is 5.20. The first-order valence-electron chi connectivity index (χ1n) is 6.50. The molecule has 1 fully saturated rings. The van der Waals surface area contributed by atoms with Gasteiger partial charge in [0.1, 0.15) is 12.4 Å². The van der Waals surface area contributed by atoms with Crippen molar-refractivity contribution in [3.8, 4) is 0 Å². The molecule has 1 aromatic carbocycles. The minimum Gasteiger partial charge on any atom is -0.341 e. The fourth-order valence-corrected chi connectivity index (χ4v) is 2.41. The summed E-state index contributed by atoms with van der Waals surface area (Å²) < 4.78 is 13.2. The molecule has 0 aliphatic carbocycles. The van der Waals surface area contributed by atoms with Gasteiger partial charge in [-0.2, -0.15) is 0 Å². The zero-order valence-corrected chi connectivity index (χ0v) is 12.0. The highest BCUT2D eigenvalue weighted by Gasteiger charge is 2.23. The molecule has 0 aromatic heterocycles. The molecule has 1 heterocycles. The minimum atomic E-state index is -0.551. The monoisotopic (exact) mass is 298 g/mol. The van der Waals surface area contributed by atoms with Gasteiger partial charge < -0.3 is 9.80 Å². The summed E-state index contributed by atoms with van der Waals surface area (Å²) >= 11 is 5.72. The third kappa shape index (κ3) is 3.28. The first-order chi connectivity index (χ1) is 9.49. The van der Waals surface area contributed by atoms with Crippen molar-refractivity contribution in [1.29, 1.82) is 0 Å². The lowest BCUT2D eigenvalue weighted by molar-refractivity contribution is -0.130. The van der Waals surface area contributed by atoms with Gasteiger partial charge in [0.2, 0.25) is 11.8 Å². The zero-order valence-electron chi connectivity index (χ0n) is 11.2. The molecule has 6 heteroatoms. The van der Waals surface area contributed by atoms with Crippen molar-refractivity contribution in [1.82, 2.24) is 4.90 Å². The van der Waals surface area contributed by atoms with Crippen LogP contribution in [0.5, 0.6) is 0 Å². The summed E-state index contributed by atoms with van der Waals surface area (Å²) in [4.78, 5) is 26.9. The van der Waals surface area contributed by atoms with Gasteiger partial charge in [0.05, 0.1) is 5.02 Å². The minimum absolute atomic E-state index is 0.0444. The molecule has 0 atom stereocenters. The number of benzene rings is 1. The van der Waals surface area contributed by atoms with Crippen LogP contribution in [-0.4, -0.2) is 36.3 Å². The van der Waals surface area contributed by atoms with Crippen molar-refractivity contribution in [3.05, 3.63) is 29.0 Å². The van der Waals surface area contributed by atoms with Gasteiger partial charge in [0.25, 0.3) is 0 Å². The summed E-state index contributed by atoms with van der Waals surface area (Å²) in [6.45, 7) is 2.79. The maximum atomic E-state index is 13.2. The lowest BCUT2D eigenvalue weighted by Gasteiger charge is -2.24. The summed E-state index contributed by atoms with van der Waals surface area (Å²) in [7, 11) is 0. The van der Waals surface area contributed by atoms with Crippen LogP contribution in [0, 0.1) is 5.82 Å². The van der Waals surface area contributed by atoms with Crippen molar-refractivity contribution < 1.29 is 14.0 Å². The highest BCUT2D eigenvalue weighted by molar-refractivity contribution is 6.31. The number of hydrogen-bond acceptors (Lipinski definition) is 2. The van der Waals surface area contributed by atoms with Crippen LogP contribution in [-0.2, 0) is 9.59 Å². The van der Waals surface area contributed by atoms with E-state index in [-0.39, 0.29) is 23.4 Å². The average Bonchev–Trinajstić information content (AvgIpc) is 2.93. The summed E-state index contributed by atoms with van der Waals surface area (Å²) in [6.07, 6.45) is 1.99. The van der Waals surface area contributed by atoms with E-state index in [9.17, 15) is 14.0 Å². The Labute approximate surface area is 122 Å². The number of hydrogen-bond donors (Lipinski definition) is 0. The summed E-state index contributed by atoms with van der Waals surface area (Å²) in [6, 6.07) is 3.99. The number of anilines is 1. The molecule has 0 bridgehead atoms. The Morgan fingerprint density at radius 1 is 1.35 bits per heavy atom. The van der Waals surface area contributed by atoms with E-state index in [4.69, 9.17) is 11.6 Å². The predicted octanol–water partition coefficient (Wildman–Crippen LogP) is 2.45. The quantitative estimate of drug-likeness (QED) is 0.860. The van der Waals surface area contributed by atoms with Crippen LogP contribution < -0.4 is 4.90 Å². The van der Waals surface area contributed by atoms with Gasteiger partial charge in [-0.3, -0.25) is 9.59 Å². The molecule has 1 aliphatic heterocycles. The average molecular weight is 299 g/mol. The van der Waals surface area contributed by atoms with Gasteiger partial charge in [-0.05, 0) is 31.0 Å². The summed E-state index contributed by atoms with van der Waals surface area (Å²) in [5.41, 5.74) is 0.427. The van der Waals surface area contributed by atoms with E-state index in [1.54, 1.807) is 4.90 Å². The molecule has 2 amide bonds. The van der Waals surface area contributed by atoms with Crippen LogP contribution in [0.2, 0.25) is 5.02 Å². The number of likely N-dealkylation sites (tertiary alicyclic amines) is 1. The molecular formula is C14H16ClFN2O2. The van der Waals surface area contributed by atoms with Crippen molar-refractivity contribution >= 4 is 29.1 Å². The number of carbonyl (C=O) groups excluding carboxylic acids is 2. The molecular weight excluding hydrogens is 283 g/mol. The maximum Gasteiger partial charge on any atom is 0.242 e. The van der Waals surface area contributed by atoms with Gasteiger partial charge in [-0.15, -0.1) is 0 Å². The van der Waals surface area contributed by atoms with Crippen LogP contribution in [0.25, 0.3) is 0 Å². The largest absolute Gasteiger partial charge is 0.341 e. The molecule has 1 aliphatic rings. The predicted molar refractivity (Wildman–Crippen MR) is 75.3 cm³/mol. The molecule has 1 aromatic rings. The molecule has 0 spiro atoms. The van der Waals surface area contributed by atoms with Crippen molar-refractivity contribution in [2.45, 2.75) is 19.8 Å². The SMILES string of the molecule is CC(=O)N(CC(=O)N1CCCC1)c1ccc(F)c(Cl)c1. The first kappa shape index (κ1) is 14.8. The van der Waals surface area contributed by atoms with E-state index in [1.807, 2.05) is 0 Å². The molecule has 0 radical (unpaired) electrons. The Balaban J connectivity index is 2.16. The van der Waals surface area contributed by atoms with Gasteiger partial charge in [-0.1, -0.05) is 11.6 Å².